The van der Waals surface area contributed by atoms with Gasteiger partial charge in [-0.15, -0.1) is 13.0 Å². The van der Waals surface area contributed by atoms with Crippen LogP contribution in [0.3, 0.4) is 0 Å². The summed E-state index contributed by atoms with van der Waals surface area (Å²) < 4.78 is 0. The van der Waals surface area contributed by atoms with Crippen molar-refractivity contribution in [1.82, 2.24) is 9.80 Å². The number of carboxylic acids is 1. The summed E-state index contributed by atoms with van der Waals surface area (Å²) in [6, 6.07) is -0.386. The van der Waals surface area contributed by atoms with Gasteiger partial charge in [0.2, 0.25) is 0 Å². The Hall–Kier alpha value is -1.96. The lowest BCUT2D eigenvalue weighted by Crippen LogP contribution is -2.45. The van der Waals surface area contributed by atoms with Crippen LogP contribution in [0.1, 0.15) is 6.92 Å². The summed E-state index contributed by atoms with van der Waals surface area (Å²) in [5, 5.41) is 8.66. The topological polar surface area (TPSA) is 60.9 Å². The molecule has 88 valence electrons. The molecule has 1 N–H and O–H groups in total. The molecular formula is C11H16N2O3. The Kier molecular flexibility index (Phi) is 6.45. The highest BCUT2D eigenvalue weighted by atomic mass is 16.4. The van der Waals surface area contributed by atoms with Crippen molar-refractivity contribution in [3.05, 3.63) is 12.7 Å². The van der Waals surface area contributed by atoms with Crippen LogP contribution in [-0.2, 0) is 4.79 Å². The number of carbonyl (C=O) groups is 2. The molecule has 2 amide bonds. The van der Waals surface area contributed by atoms with Crippen molar-refractivity contribution < 1.29 is 14.7 Å². The van der Waals surface area contributed by atoms with Gasteiger partial charge in [-0.3, -0.25) is 4.79 Å². The van der Waals surface area contributed by atoms with Gasteiger partial charge in [-0.05, 0) is 6.92 Å². The summed E-state index contributed by atoms with van der Waals surface area (Å²) in [5.74, 6) is 1.29. The number of rotatable bonds is 6. The van der Waals surface area contributed by atoms with E-state index < -0.39 is 5.97 Å². The SMILES string of the molecule is C#CCN(CC)C(=O)N(CC=C)CC(=O)O. The molecule has 0 aliphatic carbocycles. The highest BCUT2D eigenvalue weighted by Crippen LogP contribution is 1.99. The molecule has 5 nitrogen and oxygen atoms in total. The van der Waals surface area contributed by atoms with Gasteiger partial charge in [0.25, 0.3) is 0 Å². The van der Waals surface area contributed by atoms with Crippen LogP contribution in [0.15, 0.2) is 12.7 Å². The Morgan fingerprint density at radius 2 is 2.12 bits per heavy atom. The van der Waals surface area contributed by atoms with Crippen molar-refractivity contribution >= 4 is 12.0 Å². The van der Waals surface area contributed by atoms with Gasteiger partial charge in [0.1, 0.15) is 6.54 Å². The third-order valence-corrected chi connectivity index (χ3v) is 1.88. The summed E-state index contributed by atoms with van der Waals surface area (Å²) >= 11 is 0. The smallest absolute Gasteiger partial charge is 0.323 e. The first kappa shape index (κ1) is 14.0. The van der Waals surface area contributed by atoms with E-state index in [9.17, 15) is 9.59 Å². The zero-order chi connectivity index (χ0) is 12.6. The lowest BCUT2D eigenvalue weighted by atomic mass is 10.4. The van der Waals surface area contributed by atoms with Gasteiger partial charge in [-0.2, -0.15) is 0 Å². The standard InChI is InChI=1S/C11H16N2O3/c1-4-7-12(6-3)11(16)13(8-5-2)9-10(14)15/h1,5H,2,6-9H2,3H3,(H,14,15). The molecule has 0 aromatic heterocycles. The molecule has 0 saturated carbocycles. The van der Waals surface area contributed by atoms with Gasteiger partial charge in [-0.25, -0.2) is 4.79 Å². The molecule has 0 rings (SSSR count). The number of aliphatic carboxylic acids is 1. The molecule has 0 heterocycles. The highest BCUT2D eigenvalue weighted by Gasteiger charge is 2.19. The molecule has 0 bridgehead atoms. The third kappa shape index (κ3) is 4.51. The number of amides is 2. The van der Waals surface area contributed by atoms with E-state index in [1.807, 2.05) is 0 Å². The maximum atomic E-state index is 11.8. The average Bonchev–Trinajstić information content (AvgIpc) is 2.23. The largest absolute Gasteiger partial charge is 0.480 e. The molecule has 5 heteroatoms. The van der Waals surface area contributed by atoms with Crippen molar-refractivity contribution in [2.75, 3.05) is 26.2 Å². The van der Waals surface area contributed by atoms with Crippen molar-refractivity contribution in [2.45, 2.75) is 6.92 Å². The van der Waals surface area contributed by atoms with E-state index in [1.54, 1.807) is 6.92 Å². The first-order valence-corrected chi connectivity index (χ1v) is 4.86. The van der Waals surface area contributed by atoms with E-state index >= 15 is 0 Å². The predicted molar refractivity (Wildman–Crippen MR) is 60.9 cm³/mol. The minimum atomic E-state index is -1.06. The normalized spacial score (nSPS) is 9.00. The van der Waals surface area contributed by atoms with E-state index in [1.165, 1.54) is 15.9 Å². The minimum Gasteiger partial charge on any atom is -0.480 e. The van der Waals surface area contributed by atoms with Gasteiger partial charge < -0.3 is 14.9 Å². The van der Waals surface area contributed by atoms with Crippen LogP contribution in [-0.4, -0.2) is 53.1 Å². The second kappa shape index (κ2) is 7.35. The lowest BCUT2D eigenvalue weighted by molar-refractivity contribution is -0.137. The third-order valence-electron chi connectivity index (χ3n) is 1.88. The minimum absolute atomic E-state index is 0.169. The van der Waals surface area contributed by atoms with Crippen molar-refractivity contribution in [3.8, 4) is 12.3 Å². The quantitative estimate of drug-likeness (QED) is 0.532. The number of nitrogens with zero attached hydrogens (tertiary/aromatic N) is 2. The van der Waals surface area contributed by atoms with E-state index in [2.05, 4.69) is 12.5 Å². The molecule has 0 aliphatic rings. The van der Waals surface area contributed by atoms with Crippen LogP contribution in [0, 0.1) is 12.3 Å². The number of carbonyl (C=O) groups excluding carboxylic acids is 1. The maximum absolute atomic E-state index is 11.8. The first-order chi connectivity index (χ1) is 7.56. The number of terminal acetylenes is 1. The summed E-state index contributed by atoms with van der Waals surface area (Å²) in [6.45, 7) is 5.70. The molecule has 0 atom stereocenters. The van der Waals surface area contributed by atoms with Gasteiger partial charge in [-0.1, -0.05) is 12.0 Å². The summed E-state index contributed by atoms with van der Waals surface area (Å²) in [4.78, 5) is 25.0. The molecule has 0 aliphatic heterocycles. The Morgan fingerprint density at radius 1 is 1.50 bits per heavy atom. The van der Waals surface area contributed by atoms with E-state index in [-0.39, 0.29) is 25.7 Å². The zero-order valence-corrected chi connectivity index (χ0v) is 9.35. The summed E-state index contributed by atoms with van der Waals surface area (Å²) in [7, 11) is 0. The average molecular weight is 224 g/mol. The Labute approximate surface area is 95.3 Å². The number of hydrogen-bond acceptors (Lipinski definition) is 2. The van der Waals surface area contributed by atoms with Crippen molar-refractivity contribution in [2.24, 2.45) is 0 Å². The van der Waals surface area contributed by atoms with E-state index in [0.29, 0.717) is 6.54 Å². The Bertz CT molecular complexity index is 307. The molecule has 0 unspecified atom stereocenters. The molecule has 0 spiro atoms. The number of carboxylic acid groups (broad SMARTS) is 1. The van der Waals surface area contributed by atoms with Crippen molar-refractivity contribution in [3.63, 3.8) is 0 Å². The molecule has 0 aromatic rings. The first-order valence-electron chi connectivity index (χ1n) is 4.86. The fraction of sp³-hybridized carbons (Fsp3) is 0.455. The van der Waals surface area contributed by atoms with Crippen LogP contribution in [0.2, 0.25) is 0 Å². The number of urea groups is 1. The lowest BCUT2D eigenvalue weighted by Gasteiger charge is -2.26. The Morgan fingerprint density at radius 3 is 2.50 bits per heavy atom. The van der Waals surface area contributed by atoms with Crippen LogP contribution in [0.4, 0.5) is 4.79 Å². The molecule has 0 saturated heterocycles. The Balaban J connectivity index is 4.63. The molecule has 16 heavy (non-hydrogen) atoms. The van der Waals surface area contributed by atoms with Crippen LogP contribution in [0.25, 0.3) is 0 Å². The maximum Gasteiger partial charge on any atom is 0.323 e. The second-order valence-corrected chi connectivity index (χ2v) is 3.06. The van der Waals surface area contributed by atoms with E-state index in [0.717, 1.165) is 0 Å². The molecular weight excluding hydrogens is 208 g/mol. The highest BCUT2D eigenvalue weighted by molar-refractivity contribution is 5.80. The van der Waals surface area contributed by atoms with Crippen LogP contribution >= 0.6 is 0 Å². The second-order valence-electron chi connectivity index (χ2n) is 3.06. The monoisotopic (exact) mass is 224 g/mol. The van der Waals surface area contributed by atoms with Crippen molar-refractivity contribution in [1.29, 1.82) is 0 Å². The van der Waals surface area contributed by atoms with E-state index in [4.69, 9.17) is 11.5 Å². The summed E-state index contributed by atoms with van der Waals surface area (Å²) in [6.07, 6.45) is 6.60. The predicted octanol–water partition coefficient (Wildman–Crippen LogP) is 0.634. The molecule has 0 radical (unpaired) electrons. The van der Waals surface area contributed by atoms with Gasteiger partial charge in [0.05, 0.1) is 6.54 Å². The van der Waals surface area contributed by atoms with Gasteiger partial charge in [0.15, 0.2) is 0 Å². The van der Waals surface area contributed by atoms with Gasteiger partial charge in [0, 0.05) is 13.1 Å². The van der Waals surface area contributed by atoms with Crippen LogP contribution < -0.4 is 0 Å². The fourth-order valence-electron chi connectivity index (χ4n) is 1.15. The zero-order valence-electron chi connectivity index (χ0n) is 9.35. The fourth-order valence-corrected chi connectivity index (χ4v) is 1.15. The number of hydrogen-bond donors (Lipinski definition) is 1. The molecule has 0 aromatic carbocycles. The van der Waals surface area contributed by atoms with Gasteiger partial charge >= 0.3 is 12.0 Å². The summed E-state index contributed by atoms with van der Waals surface area (Å²) in [5.41, 5.74) is 0. The molecule has 0 fully saturated rings. The van der Waals surface area contributed by atoms with Crippen LogP contribution in [0.5, 0.6) is 0 Å².